The number of nitrogens with zero attached hydrogens (tertiary/aromatic N) is 3. The van der Waals surface area contributed by atoms with Gasteiger partial charge in [-0.2, -0.15) is 10.4 Å². The third-order valence-corrected chi connectivity index (χ3v) is 4.05. The van der Waals surface area contributed by atoms with Crippen LogP contribution in [0.25, 0.3) is 0 Å². The fraction of sp³-hybridized carbons (Fsp3) is 0.750. The summed E-state index contributed by atoms with van der Waals surface area (Å²) >= 11 is 0. The Morgan fingerprint density at radius 2 is 2.00 bits per heavy atom. The second-order valence-electron chi connectivity index (χ2n) is 5.85. The molecule has 0 saturated carbocycles. The first kappa shape index (κ1) is 16.7. The van der Waals surface area contributed by atoms with Crippen LogP contribution >= 0.6 is 0 Å². The van der Waals surface area contributed by atoms with E-state index in [1.54, 1.807) is 0 Å². The molecule has 4 nitrogen and oxygen atoms in total. The van der Waals surface area contributed by atoms with Crippen LogP contribution in [-0.4, -0.2) is 21.9 Å². The monoisotopic (exact) mass is 276 g/mol. The Kier molecular flexibility index (Phi) is 6.22. The maximum absolute atomic E-state index is 9.28. The molecule has 0 aliphatic heterocycles. The largest absolute Gasteiger partial charge is 0.300 e. The number of hydrogen-bond acceptors (Lipinski definition) is 3. The molecule has 1 N–H and O–H groups in total. The molecule has 1 heterocycles. The minimum atomic E-state index is -0.388. The quantitative estimate of drug-likeness (QED) is 0.741. The molecule has 0 fully saturated rings. The number of hydrogen-bond donors (Lipinski definition) is 1. The minimum Gasteiger partial charge on any atom is -0.300 e. The van der Waals surface area contributed by atoms with Gasteiger partial charge in [0.1, 0.15) is 5.54 Å². The average Bonchev–Trinajstić information content (AvgIpc) is 2.69. The number of nitrogens with one attached hydrogen (secondary N) is 1. The van der Waals surface area contributed by atoms with Crippen molar-refractivity contribution in [1.29, 1.82) is 5.26 Å². The van der Waals surface area contributed by atoms with Crippen molar-refractivity contribution in [2.24, 2.45) is 0 Å². The molecule has 0 aromatic carbocycles. The van der Waals surface area contributed by atoms with E-state index in [0.717, 1.165) is 44.5 Å². The minimum absolute atomic E-state index is 0.388. The van der Waals surface area contributed by atoms with Crippen molar-refractivity contribution in [3.05, 3.63) is 17.0 Å². The number of aromatic nitrogens is 2. The third-order valence-electron chi connectivity index (χ3n) is 4.05. The predicted octanol–water partition coefficient (Wildman–Crippen LogP) is 3.26. The van der Waals surface area contributed by atoms with Crippen molar-refractivity contribution < 1.29 is 0 Å². The summed E-state index contributed by atoms with van der Waals surface area (Å²) in [4.78, 5) is 0. The van der Waals surface area contributed by atoms with Crippen LogP contribution in [0.4, 0.5) is 0 Å². The summed E-state index contributed by atoms with van der Waals surface area (Å²) in [5.74, 6) is 0. The van der Waals surface area contributed by atoms with Gasteiger partial charge in [-0.05, 0) is 65.5 Å². The molecule has 0 saturated heterocycles. The Hall–Kier alpha value is -1.34. The van der Waals surface area contributed by atoms with Crippen LogP contribution in [0.3, 0.4) is 0 Å². The van der Waals surface area contributed by atoms with Crippen LogP contribution in [0.15, 0.2) is 0 Å². The zero-order valence-electron chi connectivity index (χ0n) is 13.6. The molecule has 4 heteroatoms. The maximum Gasteiger partial charge on any atom is 0.103 e. The number of rotatable bonds is 8. The summed E-state index contributed by atoms with van der Waals surface area (Å²) in [6.45, 7) is 12.3. The summed E-state index contributed by atoms with van der Waals surface area (Å²) in [7, 11) is 0. The highest BCUT2D eigenvalue weighted by Crippen LogP contribution is 2.15. The number of unbranched alkanes of at least 4 members (excludes halogenated alkanes) is 1. The molecular formula is C16H28N4. The predicted molar refractivity (Wildman–Crippen MR) is 82.6 cm³/mol. The van der Waals surface area contributed by atoms with Crippen molar-refractivity contribution in [2.75, 3.05) is 6.54 Å². The number of aryl methyl sites for hydroxylation is 2. The van der Waals surface area contributed by atoms with Gasteiger partial charge >= 0.3 is 0 Å². The molecule has 0 aliphatic carbocycles. The van der Waals surface area contributed by atoms with Gasteiger partial charge in [-0.3, -0.25) is 10.00 Å². The smallest absolute Gasteiger partial charge is 0.103 e. The van der Waals surface area contributed by atoms with Crippen molar-refractivity contribution in [3.63, 3.8) is 0 Å². The highest BCUT2D eigenvalue weighted by molar-refractivity contribution is 5.22. The lowest BCUT2D eigenvalue weighted by molar-refractivity contribution is 0.392. The fourth-order valence-electron chi connectivity index (χ4n) is 2.33. The second-order valence-corrected chi connectivity index (χ2v) is 5.85. The van der Waals surface area contributed by atoms with Crippen LogP contribution < -0.4 is 5.32 Å². The highest BCUT2D eigenvalue weighted by atomic mass is 15.3. The van der Waals surface area contributed by atoms with Crippen LogP contribution in [0.5, 0.6) is 0 Å². The molecule has 1 unspecified atom stereocenters. The van der Waals surface area contributed by atoms with Gasteiger partial charge in [-0.1, -0.05) is 6.92 Å². The standard InChI is InChI=1S/C16H28N4/c1-6-10-18-16(5,12-17)9-7-8-11-20-15(4)13(2)14(3)19-20/h18H,6-11H2,1-5H3. The first-order chi connectivity index (χ1) is 9.43. The summed E-state index contributed by atoms with van der Waals surface area (Å²) in [6.07, 6.45) is 4.05. The van der Waals surface area contributed by atoms with Crippen LogP contribution in [0.2, 0.25) is 0 Å². The fourth-order valence-corrected chi connectivity index (χ4v) is 2.33. The molecule has 0 bridgehead atoms. The summed E-state index contributed by atoms with van der Waals surface area (Å²) < 4.78 is 2.09. The first-order valence-electron chi connectivity index (χ1n) is 7.60. The zero-order chi connectivity index (χ0) is 15.2. The Balaban J connectivity index is 2.41. The molecule has 1 aromatic heterocycles. The van der Waals surface area contributed by atoms with Crippen molar-refractivity contribution in [3.8, 4) is 6.07 Å². The summed E-state index contributed by atoms with van der Waals surface area (Å²) in [5.41, 5.74) is 3.28. The average molecular weight is 276 g/mol. The van der Waals surface area contributed by atoms with E-state index in [4.69, 9.17) is 0 Å². The Labute approximate surface area is 123 Å². The van der Waals surface area contributed by atoms with Crippen LogP contribution in [-0.2, 0) is 6.54 Å². The van der Waals surface area contributed by atoms with Crippen molar-refractivity contribution >= 4 is 0 Å². The van der Waals surface area contributed by atoms with Gasteiger partial charge < -0.3 is 0 Å². The summed E-state index contributed by atoms with van der Waals surface area (Å²) in [5, 5.41) is 17.2. The van der Waals surface area contributed by atoms with E-state index in [2.05, 4.69) is 48.9 Å². The highest BCUT2D eigenvalue weighted by Gasteiger charge is 2.21. The second kappa shape index (κ2) is 7.44. The van der Waals surface area contributed by atoms with Gasteiger partial charge in [-0.15, -0.1) is 0 Å². The number of nitriles is 1. The van der Waals surface area contributed by atoms with Crippen molar-refractivity contribution in [2.45, 2.75) is 72.4 Å². The molecule has 0 spiro atoms. The van der Waals surface area contributed by atoms with Crippen LogP contribution in [0, 0.1) is 32.1 Å². The Bertz CT molecular complexity index is 470. The molecule has 0 radical (unpaired) electrons. The molecule has 0 aliphatic rings. The van der Waals surface area contributed by atoms with E-state index in [0.29, 0.717) is 0 Å². The lowest BCUT2D eigenvalue weighted by Gasteiger charge is -2.23. The Morgan fingerprint density at radius 1 is 1.30 bits per heavy atom. The van der Waals surface area contributed by atoms with E-state index >= 15 is 0 Å². The van der Waals surface area contributed by atoms with Gasteiger partial charge in [-0.25, -0.2) is 0 Å². The van der Waals surface area contributed by atoms with Gasteiger partial charge in [0.15, 0.2) is 0 Å². The van der Waals surface area contributed by atoms with E-state index in [-0.39, 0.29) is 5.54 Å². The molecule has 112 valence electrons. The molecule has 1 rings (SSSR count). The van der Waals surface area contributed by atoms with Gasteiger partial charge in [0.25, 0.3) is 0 Å². The van der Waals surface area contributed by atoms with Crippen molar-refractivity contribution in [1.82, 2.24) is 15.1 Å². The Morgan fingerprint density at radius 3 is 2.50 bits per heavy atom. The van der Waals surface area contributed by atoms with E-state index in [9.17, 15) is 5.26 Å². The molecule has 1 aromatic rings. The van der Waals surface area contributed by atoms with Gasteiger partial charge in [0, 0.05) is 12.2 Å². The molecule has 1 atom stereocenters. The van der Waals surface area contributed by atoms with Gasteiger partial charge in [0.05, 0.1) is 11.8 Å². The van der Waals surface area contributed by atoms with Gasteiger partial charge in [0.2, 0.25) is 0 Å². The van der Waals surface area contributed by atoms with E-state index in [1.165, 1.54) is 11.3 Å². The topological polar surface area (TPSA) is 53.6 Å². The van der Waals surface area contributed by atoms with Crippen LogP contribution in [0.1, 0.15) is 56.5 Å². The zero-order valence-corrected chi connectivity index (χ0v) is 13.6. The molecule has 20 heavy (non-hydrogen) atoms. The third kappa shape index (κ3) is 4.35. The van der Waals surface area contributed by atoms with E-state index in [1.807, 2.05) is 6.92 Å². The SMILES string of the molecule is CCCNC(C)(C#N)CCCCn1nc(C)c(C)c1C. The maximum atomic E-state index is 9.28. The summed E-state index contributed by atoms with van der Waals surface area (Å²) in [6, 6.07) is 2.40. The molecular weight excluding hydrogens is 248 g/mol. The molecule has 0 amide bonds. The lowest BCUT2D eigenvalue weighted by atomic mass is 9.96. The van der Waals surface area contributed by atoms with E-state index < -0.39 is 0 Å². The lowest BCUT2D eigenvalue weighted by Crippen LogP contribution is -2.41. The normalized spacial score (nSPS) is 14.0. The first-order valence-corrected chi connectivity index (χ1v) is 7.60.